The fourth-order valence-electron chi connectivity index (χ4n) is 3.87. The van der Waals surface area contributed by atoms with Gasteiger partial charge in [-0.25, -0.2) is 0 Å². The SMILES string of the molecule is COc1ccc(CN2C(=O)C(O)(CC(=O)/C=C/c3ccco3)c3ccccc32)cc1OC. The van der Waals surface area contributed by atoms with Crippen LogP contribution in [0, 0.1) is 0 Å². The van der Waals surface area contributed by atoms with Crippen molar-refractivity contribution in [3.8, 4) is 11.5 Å². The molecule has 164 valence electrons. The van der Waals surface area contributed by atoms with Crippen molar-refractivity contribution in [1.29, 1.82) is 0 Å². The Labute approximate surface area is 185 Å². The topological polar surface area (TPSA) is 89.2 Å². The van der Waals surface area contributed by atoms with E-state index in [1.807, 2.05) is 6.07 Å². The average Bonchev–Trinajstić information content (AvgIpc) is 3.40. The standard InChI is InChI=1S/C25H23NO6/c1-30-22-12-9-17(14-23(22)31-2)16-26-21-8-4-3-7-20(21)25(29,24(26)28)15-18(27)10-11-19-6-5-13-32-19/h3-14,29H,15-16H2,1-2H3/b11-10+. The lowest BCUT2D eigenvalue weighted by molar-refractivity contribution is -0.140. The van der Waals surface area contributed by atoms with Crippen LogP contribution in [0.2, 0.25) is 0 Å². The van der Waals surface area contributed by atoms with Crippen molar-refractivity contribution < 1.29 is 28.6 Å². The fraction of sp³-hybridized carbons (Fsp3) is 0.200. The molecule has 0 bridgehead atoms. The van der Waals surface area contributed by atoms with Gasteiger partial charge < -0.3 is 23.9 Å². The molecule has 32 heavy (non-hydrogen) atoms. The number of nitrogens with zero attached hydrogens (tertiary/aromatic N) is 1. The molecule has 7 heteroatoms. The van der Waals surface area contributed by atoms with Crippen molar-refractivity contribution >= 4 is 23.5 Å². The van der Waals surface area contributed by atoms with Crippen LogP contribution < -0.4 is 14.4 Å². The Balaban J connectivity index is 1.61. The third-order valence-electron chi connectivity index (χ3n) is 5.43. The van der Waals surface area contributed by atoms with Crippen molar-refractivity contribution in [1.82, 2.24) is 0 Å². The van der Waals surface area contributed by atoms with Gasteiger partial charge in [-0.15, -0.1) is 0 Å². The highest BCUT2D eigenvalue weighted by Crippen LogP contribution is 2.43. The van der Waals surface area contributed by atoms with Crippen molar-refractivity contribution in [2.24, 2.45) is 0 Å². The van der Waals surface area contributed by atoms with Gasteiger partial charge in [0, 0.05) is 5.56 Å². The molecule has 0 saturated heterocycles. The predicted octanol–water partition coefficient (Wildman–Crippen LogP) is 3.70. The van der Waals surface area contributed by atoms with E-state index in [1.54, 1.807) is 62.8 Å². The van der Waals surface area contributed by atoms with Gasteiger partial charge in [0.1, 0.15) is 5.76 Å². The smallest absolute Gasteiger partial charge is 0.264 e. The first-order valence-electron chi connectivity index (χ1n) is 10.1. The molecule has 3 aromatic rings. The quantitative estimate of drug-likeness (QED) is 0.545. The van der Waals surface area contributed by atoms with E-state index in [1.165, 1.54) is 23.3 Å². The lowest BCUT2D eigenvalue weighted by Crippen LogP contribution is -2.41. The first-order chi connectivity index (χ1) is 15.5. The second-order valence-electron chi connectivity index (χ2n) is 7.45. The number of hydrogen-bond acceptors (Lipinski definition) is 6. The highest BCUT2D eigenvalue weighted by molar-refractivity contribution is 6.10. The van der Waals surface area contributed by atoms with E-state index >= 15 is 0 Å². The molecule has 0 saturated carbocycles. The van der Waals surface area contributed by atoms with Gasteiger partial charge >= 0.3 is 0 Å². The monoisotopic (exact) mass is 433 g/mol. The molecular formula is C25H23NO6. The van der Waals surface area contributed by atoms with E-state index in [-0.39, 0.29) is 18.7 Å². The molecule has 1 N–H and O–H groups in total. The van der Waals surface area contributed by atoms with Crippen LogP contribution in [0.1, 0.15) is 23.3 Å². The number of ketones is 1. The first-order valence-corrected chi connectivity index (χ1v) is 10.1. The van der Waals surface area contributed by atoms with Crippen LogP contribution in [-0.2, 0) is 21.7 Å². The minimum absolute atomic E-state index is 0.203. The number of fused-ring (bicyclic) bond motifs is 1. The minimum atomic E-state index is -1.95. The molecule has 0 radical (unpaired) electrons. The number of furan rings is 1. The number of carbonyl (C=O) groups excluding carboxylic acids is 2. The summed E-state index contributed by atoms with van der Waals surface area (Å²) in [7, 11) is 3.09. The van der Waals surface area contributed by atoms with Gasteiger partial charge in [-0.05, 0) is 48.0 Å². The number of allylic oxidation sites excluding steroid dienone is 1. The number of benzene rings is 2. The summed E-state index contributed by atoms with van der Waals surface area (Å²) in [6.45, 7) is 0.203. The molecular weight excluding hydrogens is 410 g/mol. The normalized spacial score (nSPS) is 17.6. The Bertz CT molecular complexity index is 1170. The third-order valence-corrected chi connectivity index (χ3v) is 5.43. The van der Waals surface area contributed by atoms with Gasteiger partial charge in [0.25, 0.3) is 5.91 Å². The highest BCUT2D eigenvalue weighted by Gasteiger charge is 2.50. The molecule has 1 aliphatic heterocycles. The summed E-state index contributed by atoms with van der Waals surface area (Å²) in [6, 6.07) is 15.7. The van der Waals surface area contributed by atoms with Crippen molar-refractivity contribution in [2.75, 3.05) is 19.1 Å². The molecule has 0 fully saturated rings. The molecule has 1 aliphatic rings. The summed E-state index contributed by atoms with van der Waals surface area (Å²) >= 11 is 0. The Kier molecular flexibility index (Phi) is 5.83. The number of rotatable bonds is 8. The molecule has 7 nitrogen and oxygen atoms in total. The van der Waals surface area contributed by atoms with E-state index in [9.17, 15) is 14.7 Å². The average molecular weight is 433 g/mol. The zero-order valence-corrected chi connectivity index (χ0v) is 17.8. The maximum Gasteiger partial charge on any atom is 0.264 e. The number of amides is 1. The Morgan fingerprint density at radius 3 is 2.59 bits per heavy atom. The molecule has 0 aliphatic carbocycles. The number of methoxy groups -OCH3 is 2. The van der Waals surface area contributed by atoms with Crippen LogP contribution in [0.5, 0.6) is 11.5 Å². The number of ether oxygens (including phenoxy) is 2. The number of para-hydroxylation sites is 1. The number of anilines is 1. The minimum Gasteiger partial charge on any atom is -0.493 e. The van der Waals surface area contributed by atoms with Crippen LogP contribution in [-0.4, -0.2) is 31.0 Å². The maximum absolute atomic E-state index is 13.4. The molecule has 1 unspecified atom stereocenters. The van der Waals surface area contributed by atoms with Crippen LogP contribution in [0.25, 0.3) is 6.08 Å². The van der Waals surface area contributed by atoms with Gasteiger partial charge in [0.15, 0.2) is 22.9 Å². The summed E-state index contributed by atoms with van der Waals surface area (Å²) in [5, 5.41) is 11.4. The van der Waals surface area contributed by atoms with Crippen molar-refractivity contribution in [3.63, 3.8) is 0 Å². The molecule has 0 spiro atoms. The molecule has 1 atom stereocenters. The molecule has 2 heterocycles. The van der Waals surface area contributed by atoms with E-state index in [0.29, 0.717) is 28.5 Å². The summed E-state index contributed by atoms with van der Waals surface area (Å²) < 4.78 is 15.8. The first kappa shape index (κ1) is 21.4. The van der Waals surface area contributed by atoms with Gasteiger partial charge in [0.2, 0.25) is 0 Å². The second-order valence-corrected chi connectivity index (χ2v) is 7.45. The zero-order valence-electron chi connectivity index (χ0n) is 17.8. The third kappa shape index (κ3) is 3.90. The number of aliphatic hydroxyl groups is 1. The molecule has 4 rings (SSSR count). The fourth-order valence-corrected chi connectivity index (χ4v) is 3.87. The summed E-state index contributed by atoms with van der Waals surface area (Å²) in [6.07, 6.45) is 3.95. The summed E-state index contributed by atoms with van der Waals surface area (Å²) in [5.74, 6) is 0.695. The number of hydrogen-bond donors (Lipinski definition) is 1. The maximum atomic E-state index is 13.4. The Hall–Kier alpha value is -3.84. The van der Waals surface area contributed by atoms with E-state index in [2.05, 4.69) is 0 Å². The second kappa shape index (κ2) is 8.72. The van der Waals surface area contributed by atoms with Gasteiger partial charge in [-0.3, -0.25) is 9.59 Å². The highest BCUT2D eigenvalue weighted by atomic mass is 16.5. The van der Waals surface area contributed by atoms with Crippen LogP contribution in [0.15, 0.2) is 71.4 Å². The van der Waals surface area contributed by atoms with Gasteiger partial charge in [-0.2, -0.15) is 0 Å². The lowest BCUT2D eigenvalue weighted by Gasteiger charge is -2.22. The molecule has 1 amide bonds. The summed E-state index contributed by atoms with van der Waals surface area (Å²) in [4.78, 5) is 27.4. The van der Waals surface area contributed by atoms with Crippen molar-refractivity contribution in [3.05, 3.63) is 83.8 Å². The molecule has 2 aromatic carbocycles. The van der Waals surface area contributed by atoms with Gasteiger partial charge in [0.05, 0.1) is 39.1 Å². The Morgan fingerprint density at radius 1 is 1.09 bits per heavy atom. The van der Waals surface area contributed by atoms with Gasteiger partial charge in [-0.1, -0.05) is 24.3 Å². The predicted molar refractivity (Wildman–Crippen MR) is 118 cm³/mol. The lowest BCUT2D eigenvalue weighted by atomic mass is 9.90. The Morgan fingerprint density at radius 2 is 1.88 bits per heavy atom. The largest absolute Gasteiger partial charge is 0.493 e. The zero-order chi connectivity index (χ0) is 22.7. The van der Waals surface area contributed by atoms with Crippen LogP contribution in [0.4, 0.5) is 5.69 Å². The van der Waals surface area contributed by atoms with Crippen LogP contribution in [0.3, 0.4) is 0 Å². The van der Waals surface area contributed by atoms with Crippen molar-refractivity contribution in [2.45, 2.75) is 18.6 Å². The van der Waals surface area contributed by atoms with E-state index in [4.69, 9.17) is 13.9 Å². The van der Waals surface area contributed by atoms with Crippen LogP contribution >= 0.6 is 0 Å². The molecule has 1 aromatic heterocycles. The van der Waals surface area contributed by atoms with E-state index in [0.717, 1.165) is 5.56 Å². The number of carbonyl (C=O) groups is 2. The van der Waals surface area contributed by atoms with E-state index < -0.39 is 11.5 Å². The summed E-state index contributed by atoms with van der Waals surface area (Å²) in [5.41, 5.74) is -0.181.